The number of ether oxygens (including phenoxy) is 3. The van der Waals surface area contributed by atoms with E-state index in [4.69, 9.17) is 19.9 Å². The van der Waals surface area contributed by atoms with Gasteiger partial charge in [-0.1, -0.05) is 12.1 Å². The quantitative estimate of drug-likeness (QED) is 0.627. The molecule has 21 heavy (non-hydrogen) atoms. The molecule has 0 fully saturated rings. The predicted molar refractivity (Wildman–Crippen MR) is 84.9 cm³/mol. The third-order valence-electron chi connectivity index (χ3n) is 3.26. The molecule has 5 nitrogen and oxygen atoms in total. The molecule has 5 heteroatoms. The summed E-state index contributed by atoms with van der Waals surface area (Å²) >= 11 is 0. The average molecular weight is 296 g/mol. The molecule has 0 amide bonds. The normalized spacial score (nSPS) is 11.0. The van der Waals surface area contributed by atoms with Gasteiger partial charge in [-0.2, -0.15) is 0 Å². The van der Waals surface area contributed by atoms with Crippen LogP contribution in [0, 0.1) is 0 Å². The summed E-state index contributed by atoms with van der Waals surface area (Å²) in [6, 6.07) is 8.13. The third kappa shape index (κ3) is 8.02. The average Bonchev–Trinajstić information content (AvgIpc) is 2.51. The standard InChI is InChI=1S/C16H28N2O3/c1-19-12-9-18(10-13-20-2)11-14-21-16-5-3-15(4-6-16)7-8-17/h3-6H,7-14,17H2,1-2H3. The summed E-state index contributed by atoms with van der Waals surface area (Å²) in [4.78, 5) is 2.27. The summed E-state index contributed by atoms with van der Waals surface area (Å²) in [6.45, 7) is 5.40. The van der Waals surface area contributed by atoms with Crippen LogP contribution in [0.2, 0.25) is 0 Å². The van der Waals surface area contributed by atoms with Gasteiger partial charge in [0, 0.05) is 33.9 Å². The van der Waals surface area contributed by atoms with Gasteiger partial charge in [-0.15, -0.1) is 0 Å². The number of rotatable bonds is 12. The first-order chi connectivity index (χ1) is 10.3. The van der Waals surface area contributed by atoms with Crippen LogP contribution in [0.4, 0.5) is 0 Å². The van der Waals surface area contributed by atoms with Gasteiger partial charge in [0.1, 0.15) is 12.4 Å². The maximum atomic E-state index is 5.78. The van der Waals surface area contributed by atoms with Crippen molar-refractivity contribution in [1.29, 1.82) is 0 Å². The summed E-state index contributed by atoms with van der Waals surface area (Å²) in [6.07, 6.45) is 0.905. The van der Waals surface area contributed by atoms with Crippen LogP contribution >= 0.6 is 0 Å². The Balaban J connectivity index is 2.30. The minimum absolute atomic E-state index is 0.656. The second-order valence-corrected chi connectivity index (χ2v) is 4.86. The first kappa shape index (κ1) is 17.9. The maximum Gasteiger partial charge on any atom is 0.119 e. The minimum Gasteiger partial charge on any atom is -0.492 e. The molecule has 1 aromatic rings. The Morgan fingerprint density at radius 3 is 2.00 bits per heavy atom. The summed E-state index contributed by atoms with van der Waals surface area (Å²) < 4.78 is 16.0. The topological polar surface area (TPSA) is 57.0 Å². The van der Waals surface area contributed by atoms with Gasteiger partial charge in [0.05, 0.1) is 13.2 Å². The monoisotopic (exact) mass is 296 g/mol. The Morgan fingerprint density at radius 2 is 1.48 bits per heavy atom. The van der Waals surface area contributed by atoms with Gasteiger partial charge < -0.3 is 19.9 Å². The Bertz CT molecular complexity index is 349. The molecule has 120 valence electrons. The molecule has 0 saturated heterocycles. The van der Waals surface area contributed by atoms with Crippen LogP contribution in [0.25, 0.3) is 0 Å². The fourth-order valence-electron chi connectivity index (χ4n) is 1.99. The van der Waals surface area contributed by atoms with Crippen LogP contribution in [0.5, 0.6) is 5.75 Å². The Labute approximate surface area is 128 Å². The molecular weight excluding hydrogens is 268 g/mol. The highest BCUT2D eigenvalue weighted by Gasteiger charge is 2.05. The number of methoxy groups -OCH3 is 2. The molecular formula is C16H28N2O3. The zero-order chi connectivity index (χ0) is 15.3. The Morgan fingerprint density at radius 1 is 0.905 bits per heavy atom. The molecule has 0 spiro atoms. The highest BCUT2D eigenvalue weighted by Crippen LogP contribution is 2.12. The lowest BCUT2D eigenvalue weighted by Gasteiger charge is -2.21. The minimum atomic E-state index is 0.656. The first-order valence-corrected chi connectivity index (χ1v) is 7.42. The molecule has 0 atom stereocenters. The molecule has 0 radical (unpaired) electrons. The van der Waals surface area contributed by atoms with E-state index in [1.54, 1.807) is 14.2 Å². The van der Waals surface area contributed by atoms with Crippen molar-refractivity contribution < 1.29 is 14.2 Å². The molecule has 1 aromatic carbocycles. The van der Waals surface area contributed by atoms with Crippen LogP contribution in [0.3, 0.4) is 0 Å². The molecule has 0 aliphatic heterocycles. The van der Waals surface area contributed by atoms with Crippen molar-refractivity contribution in [2.75, 3.05) is 60.2 Å². The van der Waals surface area contributed by atoms with Crippen molar-refractivity contribution in [3.8, 4) is 5.75 Å². The van der Waals surface area contributed by atoms with E-state index in [0.717, 1.165) is 45.0 Å². The van der Waals surface area contributed by atoms with E-state index in [-0.39, 0.29) is 0 Å². The zero-order valence-corrected chi connectivity index (χ0v) is 13.2. The van der Waals surface area contributed by atoms with Crippen molar-refractivity contribution in [2.24, 2.45) is 5.73 Å². The molecule has 0 bridgehead atoms. The summed E-state index contributed by atoms with van der Waals surface area (Å²) in [5.74, 6) is 0.897. The number of hydrogen-bond acceptors (Lipinski definition) is 5. The van der Waals surface area contributed by atoms with Gasteiger partial charge in [-0.05, 0) is 30.7 Å². The van der Waals surface area contributed by atoms with Crippen LogP contribution in [-0.4, -0.2) is 65.1 Å². The second-order valence-electron chi connectivity index (χ2n) is 4.86. The lowest BCUT2D eigenvalue weighted by atomic mass is 10.1. The lowest BCUT2D eigenvalue weighted by molar-refractivity contribution is 0.104. The van der Waals surface area contributed by atoms with Crippen molar-refractivity contribution in [3.63, 3.8) is 0 Å². The van der Waals surface area contributed by atoms with Crippen molar-refractivity contribution in [1.82, 2.24) is 4.90 Å². The Hall–Kier alpha value is -1.14. The molecule has 0 aliphatic rings. The van der Waals surface area contributed by atoms with Crippen LogP contribution in [0.15, 0.2) is 24.3 Å². The number of hydrogen-bond donors (Lipinski definition) is 1. The molecule has 2 N–H and O–H groups in total. The fraction of sp³-hybridized carbons (Fsp3) is 0.625. The molecule has 1 rings (SSSR count). The van der Waals surface area contributed by atoms with Gasteiger partial charge in [-0.3, -0.25) is 4.90 Å². The maximum absolute atomic E-state index is 5.78. The molecule has 0 heterocycles. The fourth-order valence-corrected chi connectivity index (χ4v) is 1.99. The lowest BCUT2D eigenvalue weighted by Crippen LogP contribution is -2.34. The van der Waals surface area contributed by atoms with Gasteiger partial charge in [-0.25, -0.2) is 0 Å². The van der Waals surface area contributed by atoms with Crippen LogP contribution in [-0.2, 0) is 15.9 Å². The van der Waals surface area contributed by atoms with E-state index < -0.39 is 0 Å². The van der Waals surface area contributed by atoms with Gasteiger partial charge in [0.15, 0.2) is 0 Å². The van der Waals surface area contributed by atoms with Gasteiger partial charge >= 0.3 is 0 Å². The first-order valence-electron chi connectivity index (χ1n) is 7.42. The van der Waals surface area contributed by atoms with Crippen LogP contribution < -0.4 is 10.5 Å². The van der Waals surface area contributed by atoms with Gasteiger partial charge in [0.25, 0.3) is 0 Å². The number of nitrogens with two attached hydrogens (primary N) is 1. The van der Waals surface area contributed by atoms with E-state index >= 15 is 0 Å². The van der Waals surface area contributed by atoms with Crippen molar-refractivity contribution >= 4 is 0 Å². The molecule has 0 saturated carbocycles. The second kappa shape index (κ2) is 11.5. The zero-order valence-electron chi connectivity index (χ0n) is 13.2. The molecule has 0 unspecified atom stereocenters. The SMILES string of the molecule is COCCN(CCOC)CCOc1ccc(CCN)cc1. The number of benzene rings is 1. The Kier molecular flexibility index (Phi) is 9.82. The third-order valence-corrected chi connectivity index (χ3v) is 3.26. The summed E-state index contributed by atoms with van der Waals surface area (Å²) in [5.41, 5.74) is 6.78. The molecule has 0 aromatic heterocycles. The van der Waals surface area contributed by atoms with Crippen molar-refractivity contribution in [2.45, 2.75) is 6.42 Å². The van der Waals surface area contributed by atoms with E-state index in [2.05, 4.69) is 17.0 Å². The highest BCUT2D eigenvalue weighted by atomic mass is 16.5. The van der Waals surface area contributed by atoms with E-state index in [1.165, 1.54) is 5.56 Å². The smallest absolute Gasteiger partial charge is 0.119 e. The molecule has 0 aliphatic carbocycles. The predicted octanol–water partition coefficient (Wildman–Crippen LogP) is 1.16. The summed E-state index contributed by atoms with van der Waals surface area (Å²) in [7, 11) is 3.43. The highest BCUT2D eigenvalue weighted by molar-refractivity contribution is 5.27. The van der Waals surface area contributed by atoms with E-state index in [0.29, 0.717) is 13.2 Å². The van der Waals surface area contributed by atoms with Gasteiger partial charge in [0.2, 0.25) is 0 Å². The van der Waals surface area contributed by atoms with Crippen LogP contribution in [0.1, 0.15) is 5.56 Å². The largest absolute Gasteiger partial charge is 0.492 e. The summed E-state index contributed by atoms with van der Waals surface area (Å²) in [5, 5.41) is 0. The number of nitrogens with zero attached hydrogens (tertiary/aromatic N) is 1. The van der Waals surface area contributed by atoms with Crippen molar-refractivity contribution in [3.05, 3.63) is 29.8 Å². The van der Waals surface area contributed by atoms with E-state index in [9.17, 15) is 0 Å². The van der Waals surface area contributed by atoms with E-state index in [1.807, 2.05) is 12.1 Å².